The Bertz CT molecular complexity index is 713. The Hall–Kier alpha value is -2.53. The second-order valence-electron chi connectivity index (χ2n) is 4.95. The molecule has 0 amide bonds. The van der Waals surface area contributed by atoms with Crippen LogP contribution < -0.4 is 10.1 Å². The lowest BCUT2D eigenvalue weighted by atomic mass is 10.1. The summed E-state index contributed by atoms with van der Waals surface area (Å²) in [6.45, 7) is 0.805. The molecule has 4 rings (SSSR count). The molecule has 1 atom stereocenters. The van der Waals surface area contributed by atoms with Crippen molar-refractivity contribution in [3.63, 3.8) is 0 Å². The van der Waals surface area contributed by atoms with E-state index in [2.05, 4.69) is 5.32 Å². The first-order chi connectivity index (χ1) is 10.3. The van der Waals surface area contributed by atoms with Crippen LogP contribution in [0.1, 0.15) is 27.7 Å². The molecule has 0 saturated carbocycles. The second kappa shape index (κ2) is 4.79. The molecule has 21 heavy (non-hydrogen) atoms. The Balaban J connectivity index is 1.61. The molecule has 5 heteroatoms. The maximum Gasteiger partial charge on any atom is 0.340 e. The molecule has 0 aromatic heterocycles. The SMILES string of the molecule is O=C1OC(Nc2ccc3c(c2)COCO3)c2ccccc21. The predicted octanol–water partition coefficient (Wildman–Crippen LogP) is 2.83. The molecule has 0 radical (unpaired) electrons. The van der Waals surface area contributed by atoms with Crippen molar-refractivity contribution in [1.82, 2.24) is 0 Å². The van der Waals surface area contributed by atoms with Crippen LogP contribution in [0.3, 0.4) is 0 Å². The van der Waals surface area contributed by atoms with Gasteiger partial charge in [-0.25, -0.2) is 4.79 Å². The summed E-state index contributed by atoms with van der Waals surface area (Å²) >= 11 is 0. The number of carbonyl (C=O) groups excluding carboxylic acids is 1. The number of hydrogen-bond donors (Lipinski definition) is 1. The van der Waals surface area contributed by atoms with Gasteiger partial charge in [0.05, 0.1) is 12.2 Å². The van der Waals surface area contributed by atoms with E-state index in [1.165, 1.54) is 0 Å². The molecule has 0 fully saturated rings. The van der Waals surface area contributed by atoms with Crippen LogP contribution in [0.5, 0.6) is 5.75 Å². The highest BCUT2D eigenvalue weighted by Gasteiger charge is 2.30. The van der Waals surface area contributed by atoms with Crippen LogP contribution in [-0.2, 0) is 16.1 Å². The van der Waals surface area contributed by atoms with Crippen molar-refractivity contribution in [2.45, 2.75) is 12.8 Å². The molecule has 2 aliphatic heterocycles. The third-order valence-electron chi connectivity index (χ3n) is 3.60. The first-order valence-electron chi connectivity index (χ1n) is 6.71. The molecule has 1 unspecified atom stereocenters. The monoisotopic (exact) mass is 283 g/mol. The zero-order valence-electron chi connectivity index (χ0n) is 11.2. The number of benzene rings is 2. The molecule has 0 bridgehead atoms. The minimum absolute atomic E-state index is 0.285. The van der Waals surface area contributed by atoms with Gasteiger partial charge in [-0.15, -0.1) is 0 Å². The van der Waals surface area contributed by atoms with Crippen molar-refractivity contribution in [2.75, 3.05) is 12.1 Å². The van der Waals surface area contributed by atoms with E-state index in [4.69, 9.17) is 14.2 Å². The van der Waals surface area contributed by atoms with E-state index in [9.17, 15) is 4.79 Å². The summed E-state index contributed by atoms with van der Waals surface area (Å²) in [6.07, 6.45) is -0.461. The lowest BCUT2D eigenvalue weighted by Crippen LogP contribution is -2.13. The number of esters is 1. The van der Waals surface area contributed by atoms with Gasteiger partial charge in [-0.2, -0.15) is 0 Å². The van der Waals surface area contributed by atoms with E-state index in [-0.39, 0.29) is 12.8 Å². The number of anilines is 1. The molecule has 2 heterocycles. The minimum atomic E-state index is -0.461. The summed E-state index contributed by atoms with van der Waals surface area (Å²) in [6, 6.07) is 13.1. The van der Waals surface area contributed by atoms with Gasteiger partial charge in [0.25, 0.3) is 0 Å². The number of rotatable bonds is 2. The number of hydrogen-bond acceptors (Lipinski definition) is 5. The fourth-order valence-electron chi connectivity index (χ4n) is 2.58. The molecule has 1 N–H and O–H groups in total. The van der Waals surface area contributed by atoms with Crippen molar-refractivity contribution in [1.29, 1.82) is 0 Å². The van der Waals surface area contributed by atoms with Crippen LogP contribution in [0.25, 0.3) is 0 Å². The van der Waals surface area contributed by atoms with Crippen molar-refractivity contribution in [3.8, 4) is 5.75 Å². The lowest BCUT2D eigenvalue weighted by Gasteiger charge is -2.20. The van der Waals surface area contributed by atoms with Crippen LogP contribution >= 0.6 is 0 Å². The van der Waals surface area contributed by atoms with Crippen molar-refractivity contribution < 1.29 is 19.0 Å². The molecule has 0 saturated heterocycles. The normalized spacial score (nSPS) is 19.2. The van der Waals surface area contributed by atoms with Gasteiger partial charge in [0.1, 0.15) is 5.75 Å². The number of cyclic esters (lactones) is 1. The molecule has 2 aromatic rings. The Morgan fingerprint density at radius 1 is 1.14 bits per heavy atom. The van der Waals surface area contributed by atoms with Crippen LogP contribution in [0.2, 0.25) is 0 Å². The molecule has 5 nitrogen and oxygen atoms in total. The van der Waals surface area contributed by atoms with Gasteiger partial charge in [0.2, 0.25) is 6.23 Å². The van der Waals surface area contributed by atoms with Gasteiger partial charge < -0.3 is 19.5 Å². The first kappa shape index (κ1) is 12.2. The summed E-state index contributed by atoms with van der Waals surface area (Å²) in [5.74, 6) is 0.531. The quantitative estimate of drug-likeness (QED) is 0.859. The van der Waals surface area contributed by atoms with Gasteiger partial charge in [0.15, 0.2) is 6.79 Å². The van der Waals surface area contributed by atoms with Crippen LogP contribution in [0.4, 0.5) is 5.69 Å². The molecular formula is C16H13NO4. The van der Waals surface area contributed by atoms with Gasteiger partial charge in [-0.3, -0.25) is 0 Å². The highest BCUT2D eigenvalue weighted by molar-refractivity contribution is 5.94. The van der Waals surface area contributed by atoms with Crippen molar-refractivity contribution in [2.24, 2.45) is 0 Å². The van der Waals surface area contributed by atoms with E-state index in [1.807, 2.05) is 36.4 Å². The van der Waals surface area contributed by atoms with Crippen LogP contribution in [0.15, 0.2) is 42.5 Å². The Kier molecular flexibility index (Phi) is 2.79. The first-order valence-corrected chi connectivity index (χ1v) is 6.71. The van der Waals surface area contributed by atoms with Crippen molar-refractivity contribution in [3.05, 3.63) is 59.2 Å². The van der Waals surface area contributed by atoms with E-state index in [1.54, 1.807) is 6.07 Å². The summed E-state index contributed by atoms with van der Waals surface area (Å²) in [7, 11) is 0. The number of nitrogens with one attached hydrogen (secondary N) is 1. The summed E-state index contributed by atoms with van der Waals surface area (Å²) < 4.78 is 16.0. The summed E-state index contributed by atoms with van der Waals surface area (Å²) in [5.41, 5.74) is 3.30. The predicted molar refractivity (Wildman–Crippen MR) is 74.9 cm³/mol. The van der Waals surface area contributed by atoms with Gasteiger partial charge in [-0.05, 0) is 24.3 Å². The fourth-order valence-corrected chi connectivity index (χ4v) is 2.58. The molecule has 0 spiro atoms. The minimum Gasteiger partial charge on any atom is -0.467 e. The lowest BCUT2D eigenvalue weighted by molar-refractivity contribution is -0.0163. The standard InChI is InChI=1S/C16H13NO4/c18-16-13-4-2-1-3-12(13)15(21-16)17-11-5-6-14-10(7-11)8-19-9-20-14/h1-7,15,17H,8-9H2. The molecular weight excluding hydrogens is 270 g/mol. The number of ether oxygens (including phenoxy) is 3. The zero-order chi connectivity index (χ0) is 14.2. The Morgan fingerprint density at radius 2 is 2.05 bits per heavy atom. The third kappa shape index (κ3) is 2.11. The summed E-state index contributed by atoms with van der Waals surface area (Å²) in [4.78, 5) is 11.8. The second-order valence-corrected chi connectivity index (χ2v) is 4.95. The number of carbonyl (C=O) groups is 1. The van der Waals surface area contributed by atoms with Gasteiger partial charge in [-0.1, -0.05) is 18.2 Å². The number of fused-ring (bicyclic) bond motifs is 2. The topological polar surface area (TPSA) is 56.8 Å². The Labute approximate surface area is 121 Å². The Morgan fingerprint density at radius 3 is 3.00 bits per heavy atom. The summed E-state index contributed by atoms with van der Waals surface area (Å²) in [5, 5.41) is 3.22. The maximum atomic E-state index is 11.8. The van der Waals surface area contributed by atoms with E-state index >= 15 is 0 Å². The molecule has 2 aromatic carbocycles. The largest absolute Gasteiger partial charge is 0.467 e. The van der Waals surface area contributed by atoms with Crippen molar-refractivity contribution >= 4 is 11.7 Å². The molecule has 106 valence electrons. The highest BCUT2D eigenvalue weighted by Crippen LogP contribution is 2.33. The molecule has 0 aliphatic carbocycles. The average molecular weight is 283 g/mol. The fraction of sp³-hybridized carbons (Fsp3) is 0.188. The highest BCUT2D eigenvalue weighted by atomic mass is 16.7. The van der Waals surface area contributed by atoms with E-state index in [0.29, 0.717) is 12.2 Å². The average Bonchev–Trinajstić information content (AvgIpc) is 2.84. The van der Waals surface area contributed by atoms with Crippen LogP contribution in [0, 0.1) is 0 Å². The van der Waals surface area contributed by atoms with E-state index < -0.39 is 6.23 Å². The smallest absolute Gasteiger partial charge is 0.340 e. The third-order valence-corrected chi connectivity index (χ3v) is 3.60. The van der Waals surface area contributed by atoms with Crippen LogP contribution in [-0.4, -0.2) is 12.8 Å². The van der Waals surface area contributed by atoms with Gasteiger partial charge in [0, 0.05) is 16.8 Å². The maximum absolute atomic E-state index is 11.8. The zero-order valence-corrected chi connectivity index (χ0v) is 11.2. The molecule has 2 aliphatic rings. The van der Waals surface area contributed by atoms with Gasteiger partial charge >= 0.3 is 5.97 Å². The van der Waals surface area contributed by atoms with E-state index in [0.717, 1.165) is 22.6 Å².